The van der Waals surface area contributed by atoms with Gasteiger partial charge in [-0.15, -0.1) is 11.3 Å². The fourth-order valence-electron chi connectivity index (χ4n) is 3.55. The summed E-state index contributed by atoms with van der Waals surface area (Å²) >= 11 is 1.31. The summed E-state index contributed by atoms with van der Waals surface area (Å²) in [5.41, 5.74) is 1.55. The van der Waals surface area contributed by atoms with Crippen molar-refractivity contribution >= 4 is 55.7 Å². The molecule has 3 heterocycles. The lowest BCUT2D eigenvalue weighted by atomic mass is 10.3. The maximum absolute atomic E-state index is 13.2. The van der Waals surface area contributed by atoms with E-state index in [9.17, 15) is 18.0 Å². The maximum atomic E-state index is 13.2. The van der Waals surface area contributed by atoms with Crippen molar-refractivity contribution < 1.29 is 18.0 Å². The van der Waals surface area contributed by atoms with Crippen LogP contribution in [0.1, 0.15) is 16.6 Å². The van der Waals surface area contributed by atoms with Gasteiger partial charge in [-0.05, 0) is 60.0 Å². The van der Waals surface area contributed by atoms with E-state index in [2.05, 4.69) is 25.0 Å². The SMILES string of the molecule is CC(=O)Nc1ccc(S(=O)(=O)Nc2nc3ccccc3nc2-n2ccc(=NC(=O)c3cccs3)cc2)cc1. The Morgan fingerprint density at radius 2 is 1.58 bits per heavy atom. The second-order valence-electron chi connectivity index (χ2n) is 8.05. The standard InChI is InChI=1S/C26H20N6O4S2/c1-17(33)27-18-8-10-20(11-9-18)38(35,36)31-24-25(30-22-6-3-2-5-21(22)29-24)32-14-12-19(13-15-32)28-26(34)23-7-4-16-37-23/h2-16H,1H3,(H,27,33)(H,29,31). The summed E-state index contributed by atoms with van der Waals surface area (Å²) < 4.78 is 30.6. The summed E-state index contributed by atoms with van der Waals surface area (Å²) in [6.07, 6.45) is 3.25. The van der Waals surface area contributed by atoms with Crippen LogP contribution in [-0.4, -0.2) is 34.8 Å². The first-order valence-electron chi connectivity index (χ1n) is 11.3. The largest absolute Gasteiger partial charge is 0.326 e. The molecule has 5 rings (SSSR count). The minimum atomic E-state index is -4.05. The third-order valence-electron chi connectivity index (χ3n) is 5.29. The van der Waals surface area contributed by atoms with Gasteiger partial charge in [0.1, 0.15) is 0 Å². The number of sulfonamides is 1. The van der Waals surface area contributed by atoms with Crippen molar-refractivity contribution in [3.05, 3.63) is 101 Å². The Balaban J connectivity index is 1.51. The van der Waals surface area contributed by atoms with Crippen LogP contribution in [0, 0.1) is 0 Å². The van der Waals surface area contributed by atoms with E-state index in [4.69, 9.17) is 0 Å². The van der Waals surface area contributed by atoms with E-state index in [1.165, 1.54) is 42.5 Å². The molecule has 0 spiro atoms. The fraction of sp³-hybridized carbons (Fsp3) is 0.0385. The van der Waals surface area contributed by atoms with Crippen molar-refractivity contribution in [3.8, 4) is 5.82 Å². The van der Waals surface area contributed by atoms with Crippen molar-refractivity contribution in [2.45, 2.75) is 11.8 Å². The van der Waals surface area contributed by atoms with Crippen molar-refractivity contribution in [2.24, 2.45) is 4.99 Å². The molecule has 190 valence electrons. The van der Waals surface area contributed by atoms with Crippen LogP contribution < -0.4 is 15.4 Å². The van der Waals surface area contributed by atoms with E-state index in [-0.39, 0.29) is 28.3 Å². The van der Waals surface area contributed by atoms with Crippen LogP contribution in [-0.2, 0) is 14.8 Å². The number of hydrogen-bond acceptors (Lipinski definition) is 7. The summed E-state index contributed by atoms with van der Waals surface area (Å²) in [5, 5.41) is 4.85. The molecular weight excluding hydrogens is 524 g/mol. The molecule has 0 saturated heterocycles. The van der Waals surface area contributed by atoms with Crippen LogP contribution in [0.3, 0.4) is 0 Å². The zero-order valence-electron chi connectivity index (χ0n) is 19.9. The Morgan fingerprint density at radius 1 is 0.895 bits per heavy atom. The maximum Gasteiger partial charge on any atom is 0.287 e. The molecule has 2 aromatic carbocycles. The molecule has 2 amide bonds. The quantitative estimate of drug-likeness (QED) is 0.332. The lowest BCUT2D eigenvalue weighted by molar-refractivity contribution is -0.114. The summed E-state index contributed by atoms with van der Waals surface area (Å²) in [4.78, 5) is 37.4. The monoisotopic (exact) mass is 544 g/mol. The van der Waals surface area contributed by atoms with E-state index in [1.807, 2.05) is 6.07 Å². The minimum absolute atomic E-state index is 0.0130. The molecule has 3 aromatic heterocycles. The number of carbonyl (C=O) groups excluding carboxylic acids is 2. The molecule has 10 nitrogen and oxygen atoms in total. The predicted octanol–water partition coefficient (Wildman–Crippen LogP) is 3.98. The number of benzene rings is 2. The van der Waals surface area contributed by atoms with E-state index >= 15 is 0 Å². The van der Waals surface area contributed by atoms with Crippen molar-refractivity contribution in [3.63, 3.8) is 0 Å². The third kappa shape index (κ3) is 5.51. The van der Waals surface area contributed by atoms with Crippen molar-refractivity contribution in [1.29, 1.82) is 0 Å². The van der Waals surface area contributed by atoms with Gasteiger partial charge in [-0.1, -0.05) is 18.2 Å². The Bertz CT molecular complexity index is 1810. The summed E-state index contributed by atoms with van der Waals surface area (Å²) in [7, 11) is -4.05. The normalized spacial score (nSPS) is 11.2. The van der Waals surface area contributed by atoms with Gasteiger partial charge in [0.15, 0.2) is 11.6 Å². The number of thiophene rings is 1. The number of rotatable bonds is 6. The van der Waals surface area contributed by atoms with Gasteiger partial charge in [-0.3, -0.25) is 14.3 Å². The Kier molecular flexibility index (Phi) is 6.81. The summed E-state index contributed by atoms with van der Waals surface area (Å²) in [5.74, 6) is -0.361. The predicted molar refractivity (Wildman–Crippen MR) is 145 cm³/mol. The van der Waals surface area contributed by atoms with Crippen molar-refractivity contribution in [2.75, 3.05) is 10.0 Å². The number of nitrogens with one attached hydrogen (secondary N) is 2. The summed E-state index contributed by atoms with van der Waals surface area (Å²) in [6, 6.07) is 19.6. The zero-order valence-corrected chi connectivity index (χ0v) is 21.5. The molecule has 0 atom stereocenters. The van der Waals surface area contributed by atoms with Crippen LogP contribution in [0.5, 0.6) is 0 Å². The molecule has 5 aromatic rings. The number of fused-ring (bicyclic) bond motifs is 1. The van der Waals surface area contributed by atoms with Crippen LogP contribution in [0.2, 0.25) is 0 Å². The number of nitrogens with zero attached hydrogens (tertiary/aromatic N) is 4. The van der Waals surface area contributed by atoms with E-state index in [0.29, 0.717) is 27.0 Å². The molecule has 0 radical (unpaired) electrons. The molecule has 0 fully saturated rings. The number of aromatic nitrogens is 3. The first-order valence-corrected chi connectivity index (χ1v) is 13.6. The minimum Gasteiger partial charge on any atom is -0.326 e. The van der Waals surface area contributed by atoms with Gasteiger partial charge in [0.25, 0.3) is 15.9 Å². The highest BCUT2D eigenvalue weighted by Crippen LogP contribution is 2.24. The summed E-state index contributed by atoms with van der Waals surface area (Å²) in [6.45, 7) is 1.37. The van der Waals surface area contributed by atoms with E-state index < -0.39 is 10.0 Å². The highest BCUT2D eigenvalue weighted by atomic mass is 32.2. The average Bonchev–Trinajstić information content (AvgIpc) is 3.44. The fourth-order valence-corrected chi connectivity index (χ4v) is 5.16. The lowest BCUT2D eigenvalue weighted by Gasteiger charge is -2.14. The van der Waals surface area contributed by atoms with Gasteiger partial charge in [0.2, 0.25) is 5.91 Å². The third-order valence-corrected chi connectivity index (χ3v) is 7.50. The molecule has 38 heavy (non-hydrogen) atoms. The molecule has 12 heteroatoms. The molecule has 0 aliphatic carbocycles. The first kappa shape index (κ1) is 25.0. The van der Waals surface area contributed by atoms with Gasteiger partial charge in [0.05, 0.1) is 26.2 Å². The van der Waals surface area contributed by atoms with Gasteiger partial charge < -0.3 is 9.88 Å². The number of amides is 2. The topological polar surface area (TPSA) is 135 Å². The highest BCUT2D eigenvalue weighted by Gasteiger charge is 2.19. The molecule has 0 saturated carbocycles. The molecule has 2 N–H and O–H groups in total. The molecule has 0 aliphatic rings. The number of para-hydroxylation sites is 2. The number of hydrogen-bond donors (Lipinski definition) is 2. The lowest BCUT2D eigenvalue weighted by Crippen LogP contribution is -2.17. The first-order chi connectivity index (χ1) is 18.3. The van der Waals surface area contributed by atoms with Gasteiger partial charge >= 0.3 is 0 Å². The zero-order chi connectivity index (χ0) is 26.7. The molecule has 0 aliphatic heterocycles. The second-order valence-corrected chi connectivity index (χ2v) is 10.7. The second kappa shape index (κ2) is 10.4. The Hall–Kier alpha value is -4.68. The molecular formula is C26H20N6O4S2. The molecule has 0 unspecified atom stereocenters. The average molecular weight is 545 g/mol. The van der Waals surface area contributed by atoms with Crippen LogP contribution >= 0.6 is 11.3 Å². The number of anilines is 2. The van der Waals surface area contributed by atoms with Gasteiger partial charge in [-0.2, -0.15) is 0 Å². The van der Waals surface area contributed by atoms with Crippen LogP contribution in [0.15, 0.2) is 100 Å². The number of pyridine rings is 1. The Morgan fingerprint density at radius 3 is 2.21 bits per heavy atom. The molecule has 0 bridgehead atoms. The van der Waals surface area contributed by atoms with E-state index in [1.54, 1.807) is 64.8 Å². The van der Waals surface area contributed by atoms with Crippen LogP contribution in [0.4, 0.5) is 11.5 Å². The number of carbonyl (C=O) groups is 2. The van der Waals surface area contributed by atoms with Crippen molar-refractivity contribution in [1.82, 2.24) is 14.5 Å². The van der Waals surface area contributed by atoms with Gasteiger partial charge in [0, 0.05) is 25.0 Å². The van der Waals surface area contributed by atoms with Crippen LogP contribution in [0.25, 0.3) is 16.9 Å². The Labute approximate surface area is 221 Å². The smallest absolute Gasteiger partial charge is 0.287 e. The van der Waals surface area contributed by atoms with Gasteiger partial charge in [-0.25, -0.2) is 23.4 Å². The van der Waals surface area contributed by atoms with E-state index in [0.717, 1.165) is 0 Å². The highest BCUT2D eigenvalue weighted by molar-refractivity contribution is 7.92.